The molecule has 3 aromatic carbocycles. The number of fused-ring (bicyclic) bond motifs is 1. The van der Waals surface area contributed by atoms with Gasteiger partial charge in [0.25, 0.3) is 5.91 Å². The molecule has 4 nitrogen and oxygen atoms in total. The van der Waals surface area contributed by atoms with Gasteiger partial charge in [0.2, 0.25) is 0 Å². The number of anilines is 1. The number of hydrogen-bond donors (Lipinski definition) is 1. The lowest BCUT2D eigenvalue weighted by Crippen LogP contribution is -2.25. The summed E-state index contributed by atoms with van der Waals surface area (Å²) in [5.74, 6) is -0.173. The van der Waals surface area contributed by atoms with Crippen molar-refractivity contribution in [2.45, 2.75) is 26.1 Å². The van der Waals surface area contributed by atoms with Crippen molar-refractivity contribution in [3.63, 3.8) is 0 Å². The van der Waals surface area contributed by atoms with E-state index in [1.54, 1.807) is 12.1 Å². The fraction of sp³-hybridized carbons (Fsp3) is 0.174. The summed E-state index contributed by atoms with van der Waals surface area (Å²) in [5, 5.41) is 2.74. The quantitative estimate of drug-likeness (QED) is 0.585. The lowest BCUT2D eigenvalue weighted by atomic mass is 9.94. The van der Waals surface area contributed by atoms with Gasteiger partial charge < -0.3 is 14.8 Å². The van der Waals surface area contributed by atoms with E-state index >= 15 is 0 Å². The standard InChI is InChI=1S/C23H19F2NO3/c1-14(2)15-6-5-7-16(12-15)18-8-3-4-9-19(18)22(27)26-17-10-11-20-21(13-17)29-23(24,25)28-20/h3-14H,1-2H3,(H,26,27). The number of alkyl halides is 2. The van der Waals surface area contributed by atoms with Crippen LogP contribution in [-0.4, -0.2) is 12.2 Å². The van der Waals surface area contributed by atoms with Gasteiger partial charge in [0.1, 0.15) is 0 Å². The SMILES string of the molecule is CC(C)c1cccc(-c2ccccc2C(=O)Nc2ccc3c(c2)OC(F)(F)O3)c1. The van der Waals surface area contributed by atoms with Gasteiger partial charge in [-0.1, -0.05) is 56.3 Å². The van der Waals surface area contributed by atoms with E-state index < -0.39 is 6.29 Å². The summed E-state index contributed by atoms with van der Waals surface area (Å²) < 4.78 is 35.2. The molecule has 0 fully saturated rings. The van der Waals surface area contributed by atoms with E-state index in [0.29, 0.717) is 17.2 Å². The number of benzene rings is 3. The average Bonchev–Trinajstić information content (AvgIpc) is 3.01. The number of carbonyl (C=O) groups is 1. The van der Waals surface area contributed by atoms with Crippen LogP contribution in [0.25, 0.3) is 11.1 Å². The van der Waals surface area contributed by atoms with E-state index in [0.717, 1.165) is 11.1 Å². The maximum absolute atomic E-state index is 13.2. The average molecular weight is 395 g/mol. The lowest BCUT2D eigenvalue weighted by Gasteiger charge is -2.13. The Morgan fingerprint density at radius 2 is 1.69 bits per heavy atom. The molecule has 0 radical (unpaired) electrons. The third-order valence-electron chi connectivity index (χ3n) is 4.70. The number of amides is 1. The van der Waals surface area contributed by atoms with E-state index in [1.807, 2.05) is 24.3 Å². The zero-order chi connectivity index (χ0) is 20.6. The van der Waals surface area contributed by atoms with Gasteiger partial charge in [-0.3, -0.25) is 4.79 Å². The molecule has 0 aliphatic carbocycles. The zero-order valence-corrected chi connectivity index (χ0v) is 15.9. The van der Waals surface area contributed by atoms with Gasteiger partial charge in [-0.2, -0.15) is 0 Å². The van der Waals surface area contributed by atoms with Gasteiger partial charge >= 0.3 is 6.29 Å². The van der Waals surface area contributed by atoms with Crippen molar-refractivity contribution < 1.29 is 23.0 Å². The van der Waals surface area contributed by atoms with Gasteiger partial charge in [0.15, 0.2) is 11.5 Å². The van der Waals surface area contributed by atoms with Gasteiger partial charge in [-0.15, -0.1) is 8.78 Å². The highest BCUT2D eigenvalue weighted by atomic mass is 19.3. The first-order valence-corrected chi connectivity index (χ1v) is 9.23. The second-order valence-electron chi connectivity index (χ2n) is 7.11. The monoisotopic (exact) mass is 395 g/mol. The summed E-state index contributed by atoms with van der Waals surface area (Å²) in [6, 6.07) is 19.5. The van der Waals surface area contributed by atoms with Crippen molar-refractivity contribution in [1.29, 1.82) is 0 Å². The predicted molar refractivity (Wildman–Crippen MR) is 107 cm³/mol. The third-order valence-corrected chi connectivity index (χ3v) is 4.70. The molecule has 29 heavy (non-hydrogen) atoms. The van der Waals surface area contributed by atoms with Crippen LogP contribution in [-0.2, 0) is 0 Å². The Balaban J connectivity index is 1.62. The molecular formula is C23H19F2NO3. The molecule has 1 heterocycles. The second kappa shape index (κ2) is 7.20. The minimum atomic E-state index is -3.70. The summed E-state index contributed by atoms with van der Waals surface area (Å²) in [6.45, 7) is 4.22. The molecule has 0 unspecified atom stereocenters. The number of halogens is 2. The Morgan fingerprint density at radius 1 is 0.931 bits per heavy atom. The molecule has 0 atom stereocenters. The van der Waals surface area contributed by atoms with Gasteiger partial charge in [-0.05, 0) is 40.8 Å². The largest absolute Gasteiger partial charge is 0.586 e. The summed E-state index contributed by atoms with van der Waals surface area (Å²) in [4.78, 5) is 12.9. The molecule has 6 heteroatoms. The number of nitrogens with one attached hydrogen (secondary N) is 1. The molecule has 1 aliphatic heterocycles. The van der Waals surface area contributed by atoms with Crippen molar-refractivity contribution in [3.05, 3.63) is 77.9 Å². The van der Waals surface area contributed by atoms with Crippen LogP contribution in [0.5, 0.6) is 11.5 Å². The molecule has 3 aromatic rings. The van der Waals surface area contributed by atoms with Crippen molar-refractivity contribution in [2.75, 3.05) is 5.32 Å². The maximum Gasteiger partial charge on any atom is 0.586 e. The molecule has 1 N–H and O–H groups in total. The first-order chi connectivity index (χ1) is 13.8. The van der Waals surface area contributed by atoms with Gasteiger partial charge in [0, 0.05) is 17.3 Å². The molecule has 0 bridgehead atoms. The van der Waals surface area contributed by atoms with Crippen LogP contribution in [0, 0.1) is 0 Å². The second-order valence-corrected chi connectivity index (χ2v) is 7.11. The van der Waals surface area contributed by atoms with E-state index in [-0.39, 0.29) is 17.4 Å². The molecule has 0 aromatic heterocycles. The van der Waals surface area contributed by atoms with Crippen LogP contribution < -0.4 is 14.8 Å². The molecule has 0 saturated carbocycles. The first kappa shape index (κ1) is 18.9. The Bertz CT molecular complexity index is 1080. The minimum absolute atomic E-state index is 0.0705. The van der Waals surface area contributed by atoms with Crippen molar-refractivity contribution in [3.8, 4) is 22.6 Å². The predicted octanol–water partition coefficient (Wildman–Crippen LogP) is 6.05. The summed E-state index contributed by atoms with van der Waals surface area (Å²) >= 11 is 0. The Hall–Kier alpha value is -3.41. The van der Waals surface area contributed by atoms with Crippen molar-refractivity contribution >= 4 is 11.6 Å². The van der Waals surface area contributed by atoms with Crippen LogP contribution in [0.2, 0.25) is 0 Å². The van der Waals surface area contributed by atoms with E-state index in [4.69, 9.17) is 0 Å². The van der Waals surface area contributed by atoms with Crippen LogP contribution in [0.1, 0.15) is 35.7 Å². The summed E-state index contributed by atoms with van der Waals surface area (Å²) in [7, 11) is 0. The molecule has 1 aliphatic rings. The molecule has 1 amide bonds. The highest BCUT2D eigenvalue weighted by Crippen LogP contribution is 2.42. The van der Waals surface area contributed by atoms with E-state index in [2.05, 4.69) is 40.8 Å². The number of carbonyl (C=O) groups excluding carboxylic acids is 1. The lowest BCUT2D eigenvalue weighted by molar-refractivity contribution is -0.286. The molecular weight excluding hydrogens is 376 g/mol. The molecule has 4 rings (SSSR count). The minimum Gasteiger partial charge on any atom is -0.395 e. The van der Waals surface area contributed by atoms with E-state index in [1.165, 1.54) is 23.8 Å². The van der Waals surface area contributed by atoms with Gasteiger partial charge in [0.05, 0.1) is 0 Å². The number of hydrogen-bond acceptors (Lipinski definition) is 3. The number of ether oxygens (including phenoxy) is 2. The molecule has 0 saturated heterocycles. The zero-order valence-electron chi connectivity index (χ0n) is 15.9. The first-order valence-electron chi connectivity index (χ1n) is 9.23. The summed E-state index contributed by atoms with van der Waals surface area (Å²) in [5.41, 5.74) is 3.72. The maximum atomic E-state index is 13.2. The fourth-order valence-electron chi connectivity index (χ4n) is 3.22. The van der Waals surface area contributed by atoms with Gasteiger partial charge in [-0.25, -0.2) is 0 Å². The van der Waals surface area contributed by atoms with Crippen LogP contribution in [0.3, 0.4) is 0 Å². The fourth-order valence-corrected chi connectivity index (χ4v) is 3.22. The molecule has 148 valence electrons. The van der Waals surface area contributed by atoms with Crippen LogP contribution >= 0.6 is 0 Å². The Labute approximate surface area is 167 Å². The third kappa shape index (κ3) is 3.92. The Kier molecular flexibility index (Phi) is 4.70. The Morgan fingerprint density at radius 3 is 2.48 bits per heavy atom. The van der Waals surface area contributed by atoms with Crippen LogP contribution in [0.15, 0.2) is 66.7 Å². The van der Waals surface area contributed by atoms with E-state index in [9.17, 15) is 13.6 Å². The molecule has 0 spiro atoms. The highest BCUT2D eigenvalue weighted by Gasteiger charge is 2.43. The summed E-state index contributed by atoms with van der Waals surface area (Å²) in [6.07, 6.45) is -3.70. The normalized spacial score (nSPS) is 14.1. The highest BCUT2D eigenvalue weighted by molar-refractivity contribution is 6.08. The topological polar surface area (TPSA) is 47.6 Å². The van der Waals surface area contributed by atoms with Crippen molar-refractivity contribution in [2.24, 2.45) is 0 Å². The van der Waals surface area contributed by atoms with Crippen molar-refractivity contribution in [1.82, 2.24) is 0 Å². The smallest absolute Gasteiger partial charge is 0.395 e. The van der Waals surface area contributed by atoms with Crippen LogP contribution in [0.4, 0.5) is 14.5 Å². The number of rotatable bonds is 4.